The van der Waals surface area contributed by atoms with Crippen LogP contribution in [0.1, 0.15) is 30.1 Å². The van der Waals surface area contributed by atoms with Gasteiger partial charge in [0, 0.05) is 32.1 Å². The summed E-state index contributed by atoms with van der Waals surface area (Å²) in [6, 6.07) is 11.1. The maximum absolute atomic E-state index is 13.5. The zero-order chi connectivity index (χ0) is 25.7. The highest BCUT2D eigenvalue weighted by molar-refractivity contribution is 5.73. The molecule has 5 rings (SSSR count). The van der Waals surface area contributed by atoms with E-state index in [-0.39, 0.29) is 5.82 Å². The van der Waals surface area contributed by atoms with E-state index in [9.17, 15) is 17.6 Å². The second-order valence-corrected chi connectivity index (χ2v) is 8.77. The summed E-state index contributed by atoms with van der Waals surface area (Å²) in [4.78, 5) is 18.4. The Kier molecular flexibility index (Phi) is 8.04. The maximum Gasteiger partial charge on any atom is 0.490 e. The summed E-state index contributed by atoms with van der Waals surface area (Å²) in [6.07, 6.45) is -0.814. The minimum Gasteiger partial charge on any atom is -0.475 e. The molecule has 2 fully saturated rings. The van der Waals surface area contributed by atoms with E-state index in [1.807, 2.05) is 10.6 Å². The molecule has 0 saturated carbocycles. The highest BCUT2D eigenvalue weighted by Gasteiger charge is 2.38. The number of pyridine rings is 1. The van der Waals surface area contributed by atoms with Gasteiger partial charge in [0.15, 0.2) is 11.5 Å². The standard InChI is InChI=1S/C22H26FN5O.C2HF3O2/c23-19-5-1-3-17(13-19)14-26-8-2-4-18(15-26)22-24-21-7-6-20(16-28(21)25-22)27-9-11-29-12-10-27;3-2(4,5)1(6)7/h1,3,5-7,13,16,18H,2,4,8-12,14-15H2;(H,6,7). The number of alkyl halides is 3. The number of halogens is 4. The van der Waals surface area contributed by atoms with Gasteiger partial charge in [0.1, 0.15) is 5.82 Å². The van der Waals surface area contributed by atoms with E-state index in [0.717, 1.165) is 81.5 Å². The number of hydrogen-bond donors (Lipinski definition) is 1. The Bertz CT molecular complexity index is 1180. The van der Waals surface area contributed by atoms with Gasteiger partial charge in [0.05, 0.1) is 25.1 Å². The van der Waals surface area contributed by atoms with Crippen LogP contribution < -0.4 is 4.90 Å². The molecule has 0 bridgehead atoms. The number of morpholine rings is 1. The van der Waals surface area contributed by atoms with E-state index in [1.54, 1.807) is 12.1 Å². The summed E-state index contributed by atoms with van der Waals surface area (Å²) in [5.74, 6) is -1.71. The summed E-state index contributed by atoms with van der Waals surface area (Å²) < 4.78 is 52.6. The van der Waals surface area contributed by atoms with Gasteiger partial charge >= 0.3 is 12.1 Å². The number of aliphatic carboxylic acids is 1. The van der Waals surface area contributed by atoms with Crippen molar-refractivity contribution in [2.45, 2.75) is 31.5 Å². The molecule has 4 heterocycles. The summed E-state index contributed by atoms with van der Waals surface area (Å²) in [5, 5.41) is 11.9. The van der Waals surface area contributed by atoms with Crippen molar-refractivity contribution in [1.29, 1.82) is 0 Å². The Morgan fingerprint density at radius 2 is 1.89 bits per heavy atom. The van der Waals surface area contributed by atoms with Crippen LogP contribution in [0.25, 0.3) is 5.65 Å². The number of piperidine rings is 1. The number of carboxylic acid groups (broad SMARTS) is 1. The molecule has 194 valence electrons. The van der Waals surface area contributed by atoms with E-state index in [1.165, 1.54) is 6.07 Å². The van der Waals surface area contributed by atoms with E-state index >= 15 is 0 Å². The Hall–Kier alpha value is -3.25. The average molecular weight is 510 g/mol. The Balaban J connectivity index is 0.000000384. The quantitative estimate of drug-likeness (QED) is 0.537. The summed E-state index contributed by atoms with van der Waals surface area (Å²) in [5.41, 5.74) is 3.07. The minimum absolute atomic E-state index is 0.172. The molecule has 0 spiro atoms. The highest BCUT2D eigenvalue weighted by Crippen LogP contribution is 2.27. The lowest BCUT2D eigenvalue weighted by Gasteiger charge is -2.31. The first-order valence-electron chi connectivity index (χ1n) is 11.6. The second kappa shape index (κ2) is 11.2. The van der Waals surface area contributed by atoms with Crippen molar-refractivity contribution in [2.75, 3.05) is 44.3 Å². The summed E-state index contributed by atoms with van der Waals surface area (Å²) >= 11 is 0. The van der Waals surface area contributed by atoms with E-state index < -0.39 is 12.1 Å². The molecule has 0 aliphatic carbocycles. The number of fused-ring (bicyclic) bond motifs is 1. The lowest BCUT2D eigenvalue weighted by atomic mass is 9.97. The lowest BCUT2D eigenvalue weighted by Crippen LogP contribution is -2.36. The van der Waals surface area contributed by atoms with Crippen molar-refractivity contribution in [1.82, 2.24) is 19.5 Å². The maximum atomic E-state index is 13.5. The number of carboxylic acids is 1. The molecule has 2 aromatic heterocycles. The smallest absolute Gasteiger partial charge is 0.475 e. The molecule has 8 nitrogen and oxygen atoms in total. The van der Waals surface area contributed by atoms with Crippen LogP contribution in [0.4, 0.5) is 23.2 Å². The monoisotopic (exact) mass is 509 g/mol. The lowest BCUT2D eigenvalue weighted by molar-refractivity contribution is -0.192. The van der Waals surface area contributed by atoms with Crippen LogP contribution in [-0.4, -0.2) is 76.1 Å². The first-order valence-corrected chi connectivity index (χ1v) is 11.6. The van der Waals surface area contributed by atoms with Gasteiger partial charge < -0.3 is 14.7 Å². The van der Waals surface area contributed by atoms with Gasteiger partial charge in [-0.1, -0.05) is 12.1 Å². The van der Waals surface area contributed by atoms with Crippen LogP contribution in [0.2, 0.25) is 0 Å². The number of aromatic nitrogens is 3. The van der Waals surface area contributed by atoms with E-state index in [4.69, 9.17) is 24.7 Å². The fourth-order valence-electron chi connectivity index (χ4n) is 4.37. The molecule has 2 aliphatic rings. The number of hydrogen-bond acceptors (Lipinski definition) is 6. The van der Waals surface area contributed by atoms with Crippen LogP contribution in [0, 0.1) is 5.82 Å². The number of ether oxygens (including phenoxy) is 1. The van der Waals surface area contributed by atoms with Gasteiger partial charge in [-0.25, -0.2) is 18.7 Å². The van der Waals surface area contributed by atoms with Gasteiger partial charge in [-0.05, 0) is 49.2 Å². The zero-order valence-electron chi connectivity index (χ0n) is 19.5. The Morgan fingerprint density at radius 3 is 2.58 bits per heavy atom. The molecule has 1 aromatic carbocycles. The molecule has 3 aromatic rings. The van der Waals surface area contributed by atoms with Crippen LogP contribution in [0.5, 0.6) is 0 Å². The van der Waals surface area contributed by atoms with Crippen LogP contribution in [0.15, 0.2) is 42.6 Å². The number of benzene rings is 1. The Labute approximate surface area is 205 Å². The van der Waals surface area contributed by atoms with Crippen molar-refractivity contribution in [3.8, 4) is 0 Å². The molecule has 2 saturated heterocycles. The normalized spacial score (nSPS) is 19.1. The molecule has 36 heavy (non-hydrogen) atoms. The number of anilines is 1. The molecule has 0 radical (unpaired) electrons. The van der Waals surface area contributed by atoms with Crippen LogP contribution in [0.3, 0.4) is 0 Å². The Morgan fingerprint density at radius 1 is 1.14 bits per heavy atom. The predicted octanol–water partition coefficient (Wildman–Crippen LogP) is 3.72. The molecule has 0 amide bonds. The third kappa shape index (κ3) is 6.70. The minimum atomic E-state index is -5.08. The predicted molar refractivity (Wildman–Crippen MR) is 123 cm³/mol. The van der Waals surface area contributed by atoms with Crippen molar-refractivity contribution >= 4 is 17.3 Å². The molecule has 1 unspecified atom stereocenters. The van der Waals surface area contributed by atoms with Crippen molar-refractivity contribution in [3.63, 3.8) is 0 Å². The van der Waals surface area contributed by atoms with Gasteiger partial charge in [-0.2, -0.15) is 18.3 Å². The third-order valence-electron chi connectivity index (χ3n) is 6.12. The highest BCUT2D eigenvalue weighted by atomic mass is 19.4. The van der Waals surface area contributed by atoms with Gasteiger partial charge in [-0.15, -0.1) is 0 Å². The molecular formula is C24H27F4N5O3. The molecule has 1 atom stereocenters. The number of nitrogens with zero attached hydrogens (tertiary/aromatic N) is 5. The summed E-state index contributed by atoms with van der Waals surface area (Å²) in [6.45, 7) is 6.05. The topological polar surface area (TPSA) is 83.2 Å². The molecule has 1 N–H and O–H groups in total. The number of carbonyl (C=O) groups is 1. The molecular weight excluding hydrogens is 482 g/mol. The van der Waals surface area contributed by atoms with Gasteiger partial charge in [0.2, 0.25) is 0 Å². The second-order valence-electron chi connectivity index (χ2n) is 8.77. The van der Waals surface area contributed by atoms with Gasteiger partial charge in [-0.3, -0.25) is 4.90 Å². The van der Waals surface area contributed by atoms with Crippen molar-refractivity contribution < 1.29 is 32.2 Å². The van der Waals surface area contributed by atoms with Crippen molar-refractivity contribution in [2.24, 2.45) is 0 Å². The average Bonchev–Trinajstić information content (AvgIpc) is 3.28. The SMILES string of the molecule is Fc1cccc(CN2CCCC(c3nc4ccc(N5CCOCC5)cn4n3)C2)c1.O=C(O)C(F)(F)F. The molecule has 12 heteroatoms. The number of likely N-dealkylation sites (tertiary alicyclic amines) is 1. The van der Waals surface area contributed by atoms with E-state index in [2.05, 4.69) is 28.1 Å². The summed E-state index contributed by atoms with van der Waals surface area (Å²) in [7, 11) is 0. The number of rotatable bonds is 4. The van der Waals surface area contributed by atoms with Crippen LogP contribution in [-0.2, 0) is 16.1 Å². The van der Waals surface area contributed by atoms with Crippen LogP contribution >= 0.6 is 0 Å². The molecule has 2 aliphatic heterocycles. The van der Waals surface area contributed by atoms with Gasteiger partial charge in [0.25, 0.3) is 0 Å². The first kappa shape index (κ1) is 25.8. The fraction of sp³-hybridized carbons (Fsp3) is 0.458. The third-order valence-corrected chi connectivity index (χ3v) is 6.12. The largest absolute Gasteiger partial charge is 0.490 e. The first-order chi connectivity index (χ1) is 17.2. The van der Waals surface area contributed by atoms with E-state index in [0.29, 0.717) is 5.92 Å². The zero-order valence-corrected chi connectivity index (χ0v) is 19.5. The van der Waals surface area contributed by atoms with Crippen molar-refractivity contribution in [3.05, 3.63) is 59.8 Å². The fourth-order valence-corrected chi connectivity index (χ4v) is 4.37.